The summed E-state index contributed by atoms with van der Waals surface area (Å²) < 4.78 is 53.4. The lowest BCUT2D eigenvalue weighted by molar-refractivity contribution is -0.187. The van der Waals surface area contributed by atoms with Crippen molar-refractivity contribution < 1.29 is 32.3 Å². The average molecular weight is 396 g/mol. The highest BCUT2D eigenvalue weighted by molar-refractivity contribution is 6.06. The number of benzene rings is 1. The molecule has 9 heteroatoms. The quantitative estimate of drug-likeness (QED) is 0.805. The molecule has 1 aromatic heterocycles. The molecule has 0 radical (unpaired) electrons. The van der Waals surface area contributed by atoms with E-state index in [2.05, 4.69) is 4.98 Å². The number of pyridine rings is 1. The van der Waals surface area contributed by atoms with E-state index in [1.807, 2.05) is 0 Å². The summed E-state index contributed by atoms with van der Waals surface area (Å²) in [5, 5.41) is 9.36. The van der Waals surface area contributed by atoms with E-state index in [0.29, 0.717) is 11.2 Å². The van der Waals surface area contributed by atoms with Gasteiger partial charge in [0.25, 0.3) is 5.91 Å². The lowest BCUT2D eigenvalue weighted by Crippen LogP contribution is -2.34. The number of aliphatic carboxylic acids is 1. The van der Waals surface area contributed by atoms with E-state index in [9.17, 15) is 27.2 Å². The first-order chi connectivity index (χ1) is 13.1. The second-order valence-electron chi connectivity index (χ2n) is 7.33. The van der Waals surface area contributed by atoms with E-state index >= 15 is 0 Å². The lowest BCUT2D eigenvalue weighted by Gasteiger charge is -2.19. The SMILES string of the molecule is O=C(O)[C@@H]1CN(C(=O)c2cc(C3CC3)nc3ccc(F)cc23)C[C@H]1C(F)(F)F. The van der Waals surface area contributed by atoms with Crippen LogP contribution in [-0.4, -0.2) is 46.1 Å². The van der Waals surface area contributed by atoms with Crippen molar-refractivity contribution in [3.63, 3.8) is 0 Å². The zero-order chi connectivity index (χ0) is 20.2. The van der Waals surface area contributed by atoms with Gasteiger partial charge in [0.1, 0.15) is 5.82 Å². The molecule has 1 aliphatic carbocycles. The average Bonchev–Trinajstić information content (AvgIpc) is 3.36. The molecule has 1 amide bonds. The molecule has 2 atom stereocenters. The summed E-state index contributed by atoms with van der Waals surface area (Å²) in [4.78, 5) is 29.6. The van der Waals surface area contributed by atoms with Crippen molar-refractivity contribution in [1.82, 2.24) is 9.88 Å². The lowest BCUT2D eigenvalue weighted by atomic mass is 9.96. The standard InChI is InChI=1S/C19H16F4N2O3/c20-10-3-4-15-11(5-10)12(6-16(24-15)9-1-2-9)17(26)25-7-13(18(27)28)14(8-25)19(21,22)23/h3-6,9,13-14H,1-2,7-8H2,(H,27,28)/t13-,14-/m1/s1. The minimum absolute atomic E-state index is 0.0540. The number of nitrogens with zero attached hydrogens (tertiary/aromatic N) is 2. The first-order valence-corrected chi connectivity index (χ1v) is 8.84. The van der Waals surface area contributed by atoms with Crippen LogP contribution in [0, 0.1) is 17.7 Å². The predicted molar refractivity (Wildman–Crippen MR) is 90.3 cm³/mol. The molecular weight excluding hydrogens is 380 g/mol. The number of carbonyl (C=O) groups excluding carboxylic acids is 1. The summed E-state index contributed by atoms with van der Waals surface area (Å²) in [6.45, 7) is -1.28. The van der Waals surface area contributed by atoms with Crippen LogP contribution < -0.4 is 0 Å². The Kier molecular flexibility index (Phi) is 4.28. The van der Waals surface area contributed by atoms with Crippen molar-refractivity contribution in [1.29, 1.82) is 0 Å². The number of halogens is 4. The summed E-state index contributed by atoms with van der Waals surface area (Å²) in [6.07, 6.45) is -2.94. The molecular formula is C19H16F4N2O3. The number of rotatable bonds is 3. The van der Waals surface area contributed by atoms with Gasteiger partial charge in [-0.2, -0.15) is 13.2 Å². The van der Waals surface area contributed by atoms with Gasteiger partial charge in [0.05, 0.1) is 22.9 Å². The van der Waals surface area contributed by atoms with E-state index in [1.54, 1.807) is 0 Å². The molecule has 28 heavy (non-hydrogen) atoms. The molecule has 1 aliphatic heterocycles. The molecule has 0 spiro atoms. The molecule has 2 heterocycles. The van der Waals surface area contributed by atoms with Crippen molar-refractivity contribution in [2.75, 3.05) is 13.1 Å². The van der Waals surface area contributed by atoms with Gasteiger partial charge >= 0.3 is 12.1 Å². The van der Waals surface area contributed by atoms with Gasteiger partial charge in [-0.1, -0.05) is 0 Å². The van der Waals surface area contributed by atoms with Gasteiger partial charge in [0.2, 0.25) is 0 Å². The molecule has 0 unspecified atom stereocenters. The summed E-state index contributed by atoms with van der Waals surface area (Å²) >= 11 is 0. The summed E-state index contributed by atoms with van der Waals surface area (Å²) in [6, 6.07) is 5.25. The number of hydrogen-bond acceptors (Lipinski definition) is 3. The van der Waals surface area contributed by atoms with Crippen LogP contribution in [0.2, 0.25) is 0 Å². The number of aromatic nitrogens is 1. The summed E-state index contributed by atoms with van der Waals surface area (Å²) in [5.41, 5.74) is 1.08. The van der Waals surface area contributed by atoms with Crippen LogP contribution in [0.1, 0.15) is 34.8 Å². The molecule has 148 valence electrons. The smallest absolute Gasteiger partial charge is 0.394 e. The van der Waals surface area contributed by atoms with Crippen molar-refractivity contribution >= 4 is 22.8 Å². The molecule has 5 nitrogen and oxygen atoms in total. The Morgan fingerprint density at radius 3 is 2.43 bits per heavy atom. The van der Waals surface area contributed by atoms with Gasteiger partial charge in [-0.25, -0.2) is 4.39 Å². The molecule has 1 saturated heterocycles. The molecule has 1 N–H and O–H groups in total. The highest BCUT2D eigenvalue weighted by Gasteiger charge is 2.53. The van der Waals surface area contributed by atoms with Crippen LogP contribution in [0.4, 0.5) is 17.6 Å². The van der Waals surface area contributed by atoms with Crippen LogP contribution in [0.15, 0.2) is 24.3 Å². The maximum absolute atomic E-state index is 13.7. The van der Waals surface area contributed by atoms with Gasteiger partial charge in [0.15, 0.2) is 0 Å². The van der Waals surface area contributed by atoms with E-state index in [1.165, 1.54) is 18.2 Å². The van der Waals surface area contributed by atoms with E-state index in [0.717, 1.165) is 23.8 Å². The first kappa shape index (κ1) is 18.6. The van der Waals surface area contributed by atoms with E-state index in [4.69, 9.17) is 5.11 Å². The van der Waals surface area contributed by atoms with Gasteiger partial charge in [0, 0.05) is 30.1 Å². The molecule has 1 aromatic carbocycles. The molecule has 4 rings (SSSR count). The first-order valence-electron chi connectivity index (χ1n) is 8.84. The fraction of sp³-hybridized carbons (Fsp3) is 0.421. The van der Waals surface area contributed by atoms with Crippen LogP contribution in [0.25, 0.3) is 10.9 Å². The molecule has 2 fully saturated rings. The van der Waals surface area contributed by atoms with Crippen LogP contribution in [0.3, 0.4) is 0 Å². The molecule has 2 aromatic rings. The molecule has 1 saturated carbocycles. The minimum atomic E-state index is -4.73. The Labute approximate surface area is 157 Å². The number of carbonyl (C=O) groups is 2. The fourth-order valence-electron chi connectivity index (χ4n) is 3.71. The van der Waals surface area contributed by atoms with Crippen LogP contribution >= 0.6 is 0 Å². The van der Waals surface area contributed by atoms with Crippen LogP contribution in [0.5, 0.6) is 0 Å². The van der Waals surface area contributed by atoms with Crippen molar-refractivity contribution in [2.45, 2.75) is 24.9 Å². The third-order valence-corrected chi connectivity index (χ3v) is 5.36. The minimum Gasteiger partial charge on any atom is -0.481 e. The topological polar surface area (TPSA) is 70.5 Å². The van der Waals surface area contributed by atoms with Crippen LogP contribution in [-0.2, 0) is 4.79 Å². The second-order valence-corrected chi connectivity index (χ2v) is 7.33. The number of alkyl halides is 3. The number of carboxylic acid groups (broad SMARTS) is 1. The Balaban J connectivity index is 1.74. The van der Waals surface area contributed by atoms with Crippen molar-refractivity contribution in [3.05, 3.63) is 41.3 Å². The zero-order valence-corrected chi connectivity index (χ0v) is 14.5. The van der Waals surface area contributed by atoms with E-state index < -0.39 is 48.8 Å². The fourth-order valence-corrected chi connectivity index (χ4v) is 3.71. The maximum atomic E-state index is 13.7. The normalized spacial score (nSPS) is 22.6. The third-order valence-electron chi connectivity index (χ3n) is 5.36. The van der Waals surface area contributed by atoms with Crippen molar-refractivity contribution in [2.24, 2.45) is 11.8 Å². The van der Waals surface area contributed by atoms with Crippen molar-refractivity contribution in [3.8, 4) is 0 Å². The van der Waals surface area contributed by atoms with E-state index in [-0.39, 0.29) is 16.9 Å². The Hall–Kier alpha value is -2.71. The number of hydrogen-bond donors (Lipinski definition) is 1. The number of carboxylic acids is 1. The Morgan fingerprint density at radius 2 is 1.86 bits per heavy atom. The molecule has 2 aliphatic rings. The number of likely N-dealkylation sites (tertiary alicyclic amines) is 1. The van der Waals surface area contributed by atoms with Gasteiger partial charge in [-0.3, -0.25) is 14.6 Å². The summed E-state index contributed by atoms with van der Waals surface area (Å²) in [7, 11) is 0. The Morgan fingerprint density at radius 1 is 1.14 bits per heavy atom. The monoisotopic (exact) mass is 396 g/mol. The largest absolute Gasteiger partial charge is 0.481 e. The highest BCUT2D eigenvalue weighted by Crippen LogP contribution is 2.41. The molecule has 0 bridgehead atoms. The zero-order valence-electron chi connectivity index (χ0n) is 14.5. The van der Waals surface area contributed by atoms with Gasteiger partial charge in [-0.15, -0.1) is 0 Å². The Bertz CT molecular complexity index is 972. The predicted octanol–water partition coefficient (Wildman–Crippen LogP) is 3.59. The summed E-state index contributed by atoms with van der Waals surface area (Å²) in [5.74, 6) is -6.62. The highest BCUT2D eigenvalue weighted by atomic mass is 19.4. The van der Waals surface area contributed by atoms with Gasteiger partial charge in [-0.05, 0) is 37.1 Å². The second kappa shape index (κ2) is 6.42. The third kappa shape index (κ3) is 3.29. The van der Waals surface area contributed by atoms with Gasteiger partial charge < -0.3 is 10.0 Å². The maximum Gasteiger partial charge on any atom is 0.394 e. The number of fused-ring (bicyclic) bond motifs is 1. The number of amides is 1.